The van der Waals surface area contributed by atoms with Gasteiger partial charge in [-0.25, -0.2) is 21.1 Å². The van der Waals surface area contributed by atoms with Crippen LogP contribution in [0.4, 0.5) is 5.69 Å². The normalized spacial score (nSPS) is 15.9. The number of rotatable bonds is 7. The molecule has 1 heterocycles. The highest BCUT2D eigenvalue weighted by Gasteiger charge is 2.32. The smallest absolute Gasteiger partial charge is 0.243 e. The van der Waals surface area contributed by atoms with E-state index in [0.29, 0.717) is 24.3 Å². The lowest BCUT2D eigenvalue weighted by Gasteiger charge is -2.30. The standard InChI is InChI=1S/C22H28ClN3O6S2/c1-15-5-6-18(33(28,29)25(2)3)14-20(15)24-22(27)16-9-11-26(12-10-16)34(30,31)17-7-8-21(32-4)19(23)13-17/h5-8,13-14,16H,9-12H2,1-4H3,(H,24,27). The van der Waals surface area contributed by atoms with Crippen LogP contribution < -0.4 is 10.1 Å². The van der Waals surface area contributed by atoms with Gasteiger partial charge >= 0.3 is 0 Å². The van der Waals surface area contributed by atoms with Crippen LogP contribution in [0, 0.1) is 12.8 Å². The molecule has 0 spiro atoms. The van der Waals surface area contributed by atoms with Crippen LogP contribution in [0.3, 0.4) is 0 Å². The predicted molar refractivity (Wildman–Crippen MR) is 130 cm³/mol. The van der Waals surface area contributed by atoms with Gasteiger partial charge in [0.25, 0.3) is 0 Å². The molecule has 1 aliphatic rings. The molecule has 1 saturated heterocycles. The summed E-state index contributed by atoms with van der Waals surface area (Å²) < 4.78 is 58.4. The zero-order chi connectivity index (χ0) is 25.3. The lowest BCUT2D eigenvalue weighted by atomic mass is 9.97. The number of nitrogens with one attached hydrogen (secondary N) is 1. The maximum Gasteiger partial charge on any atom is 0.243 e. The number of piperidine rings is 1. The van der Waals surface area contributed by atoms with Gasteiger partial charge in [-0.3, -0.25) is 4.79 Å². The molecular weight excluding hydrogens is 502 g/mol. The Balaban J connectivity index is 1.69. The highest BCUT2D eigenvalue weighted by atomic mass is 35.5. The summed E-state index contributed by atoms with van der Waals surface area (Å²) in [5.74, 6) is -0.291. The van der Waals surface area contributed by atoms with E-state index in [1.54, 1.807) is 13.0 Å². The van der Waals surface area contributed by atoms with E-state index in [4.69, 9.17) is 16.3 Å². The minimum absolute atomic E-state index is 0.0655. The molecule has 2 aromatic rings. The summed E-state index contributed by atoms with van der Waals surface area (Å²) in [4.78, 5) is 13.0. The summed E-state index contributed by atoms with van der Waals surface area (Å²) in [5, 5.41) is 3.02. The number of ether oxygens (including phenoxy) is 1. The molecule has 0 radical (unpaired) electrons. The lowest BCUT2D eigenvalue weighted by molar-refractivity contribution is -0.120. The highest BCUT2D eigenvalue weighted by Crippen LogP contribution is 2.31. The fourth-order valence-corrected chi connectivity index (χ4v) is 6.40. The Hall–Kier alpha value is -2.18. The maximum absolute atomic E-state index is 13.0. The van der Waals surface area contributed by atoms with E-state index in [1.165, 1.54) is 55.8 Å². The number of sulfonamides is 2. The number of methoxy groups -OCH3 is 1. The molecule has 1 aliphatic heterocycles. The lowest BCUT2D eigenvalue weighted by Crippen LogP contribution is -2.41. The van der Waals surface area contributed by atoms with E-state index in [9.17, 15) is 21.6 Å². The summed E-state index contributed by atoms with van der Waals surface area (Å²) in [5.41, 5.74) is 1.14. The van der Waals surface area contributed by atoms with Crippen molar-refractivity contribution in [1.29, 1.82) is 0 Å². The molecule has 186 valence electrons. The molecule has 1 amide bonds. The van der Waals surface area contributed by atoms with Crippen LogP contribution in [0.5, 0.6) is 5.75 Å². The first kappa shape index (κ1) is 26.4. The molecule has 1 N–H and O–H groups in total. The Morgan fingerprint density at radius 1 is 1.06 bits per heavy atom. The Morgan fingerprint density at radius 3 is 2.24 bits per heavy atom. The molecule has 12 heteroatoms. The zero-order valence-corrected chi connectivity index (χ0v) is 21.8. The molecule has 0 unspecified atom stereocenters. The third-order valence-corrected chi connectivity index (χ3v) is 9.83. The number of anilines is 1. The van der Waals surface area contributed by atoms with E-state index in [-0.39, 0.29) is 33.8 Å². The van der Waals surface area contributed by atoms with Crippen molar-refractivity contribution in [3.05, 3.63) is 47.0 Å². The van der Waals surface area contributed by atoms with Gasteiger partial charge in [0.15, 0.2) is 0 Å². The molecule has 0 atom stereocenters. The van der Waals surface area contributed by atoms with Crippen molar-refractivity contribution in [2.24, 2.45) is 5.92 Å². The second kappa shape index (κ2) is 10.2. The van der Waals surface area contributed by atoms with Gasteiger partial charge in [0.05, 0.1) is 21.9 Å². The first-order valence-corrected chi connectivity index (χ1v) is 13.8. The summed E-state index contributed by atoms with van der Waals surface area (Å²) in [6, 6.07) is 8.87. The Kier molecular flexibility index (Phi) is 7.93. The van der Waals surface area contributed by atoms with Crippen molar-refractivity contribution in [2.45, 2.75) is 29.6 Å². The van der Waals surface area contributed by atoms with Crippen LogP contribution in [0.2, 0.25) is 5.02 Å². The van der Waals surface area contributed by atoms with Crippen LogP contribution in [-0.4, -0.2) is 65.6 Å². The monoisotopic (exact) mass is 529 g/mol. The van der Waals surface area contributed by atoms with Crippen LogP contribution in [0.15, 0.2) is 46.2 Å². The maximum atomic E-state index is 13.0. The number of benzene rings is 2. The number of carbonyl (C=O) groups is 1. The first-order valence-electron chi connectivity index (χ1n) is 10.6. The molecule has 9 nitrogen and oxygen atoms in total. The van der Waals surface area contributed by atoms with E-state index in [0.717, 1.165) is 9.87 Å². The molecule has 0 aromatic heterocycles. The Morgan fingerprint density at radius 2 is 1.68 bits per heavy atom. The fourth-order valence-electron chi connectivity index (χ4n) is 3.66. The Bertz CT molecular complexity index is 1290. The SMILES string of the molecule is COc1ccc(S(=O)(=O)N2CCC(C(=O)Nc3cc(S(=O)(=O)N(C)C)ccc3C)CC2)cc1Cl. The van der Waals surface area contributed by atoms with Crippen LogP contribution >= 0.6 is 11.6 Å². The van der Waals surface area contributed by atoms with Gasteiger partial charge in [-0.2, -0.15) is 4.31 Å². The van der Waals surface area contributed by atoms with E-state index >= 15 is 0 Å². The number of nitrogens with zero attached hydrogens (tertiary/aromatic N) is 2. The van der Waals surface area contributed by atoms with E-state index < -0.39 is 26.0 Å². The molecule has 2 aromatic carbocycles. The van der Waals surface area contributed by atoms with Gasteiger partial charge in [-0.1, -0.05) is 17.7 Å². The van der Waals surface area contributed by atoms with Crippen LogP contribution in [-0.2, 0) is 24.8 Å². The van der Waals surface area contributed by atoms with Crippen LogP contribution in [0.1, 0.15) is 18.4 Å². The van der Waals surface area contributed by atoms with Crippen molar-refractivity contribution >= 4 is 43.2 Å². The minimum Gasteiger partial charge on any atom is -0.495 e. The average molecular weight is 530 g/mol. The van der Waals surface area contributed by atoms with Crippen molar-refractivity contribution in [3.63, 3.8) is 0 Å². The molecular formula is C22H28ClN3O6S2. The number of amides is 1. The number of halogens is 1. The van der Waals surface area contributed by atoms with Gasteiger partial charge in [-0.05, 0) is 55.7 Å². The zero-order valence-electron chi connectivity index (χ0n) is 19.4. The molecule has 1 fully saturated rings. The quantitative estimate of drug-likeness (QED) is 0.590. The summed E-state index contributed by atoms with van der Waals surface area (Å²) in [6.45, 7) is 2.13. The van der Waals surface area contributed by atoms with Crippen LogP contribution in [0.25, 0.3) is 0 Å². The largest absolute Gasteiger partial charge is 0.495 e. The van der Waals surface area contributed by atoms with Gasteiger partial charge in [0.2, 0.25) is 26.0 Å². The summed E-state index contributed by atoms with van der Waals surface area (Å²) in [7, 11) is -3.08. The molecule has 34 heavy (non-hydrogen) atoms. The number of carbonyl (C=O) groups excluding carboxylic acids is 1. The van der Waals surface area contributed by atoms with Gasteiger partial charge in [0.1, 0.15) is 5.75 Å². The van der Waals surface area contributed by atoms with Crippen molar-refractivity contribution < 1.29 is 26.4 Å². The van der Waals surface area contributed by atoms with E-state index in [2.05, 4.69) is 5.32 Å². The average Bonchev–Trinajstić information content (AvgIpc) is 2.80. The minimum atomic E-state index is -3.76. The molecule has 3 rings (SSSR count). The third kappa shape index (κ3) is 5.38. The van der Waals surface area contributed by atoms with Gasteiger partial charge in [0, 0.05) is 38.8 Å². The second-order valence-electron chi connectivity index (χ2n) is 8.23. The van der Waals surface area contributed by atoms with Crippen molar-refractivity contribution in [1.82, 2.24) is 8.61 Å². The topological polar surface area (TPSA) is 113 Å². The number of aryl methyl sites for hydroxylation is 1. The van der Waals surface area contributed by atoms with Crippen molar-refractivity contribution in [3.8, 4) is 5.75 Å². The van der Waals surface area contributed by atoms with E-state index in [1.807, 2.05) is 0 Å². The number of hydrogen-bond acceptors (Lipinski definition) is 6. The fraction of sp³-hybridized carbons (Fsp3) is 0.409. The summed E-state index contributed by atoms with van der Waals surface area (Å²) in [6.07, 6.45) is 0.674. The Labute approximate surface area is 205 Å². The molecule has 0 saturated carbocycles. The van der Waals surface area contributed by atoms with Crippen molar-refractivity contribution in [2.75, 3.05) is 39.6 Å². The number of hydrogen-bond donors (Lipinski definition) is 1. The van der Waals surface area contributed by atoms with Gasteiger partial charge in [-0.15, -0.1) is 0 Å². The second-order valence-corrected chi connectivity index (χ2v) is 12.7. The molecule has 0 aliphatic carbocycles. The molecule has 0 bridgehead atoms. The van der Waals surface area contributed by atoms with Gasteiger partial charge < -0.3 is 10.1 Å². The highest BCUT2D eigenvalue weighted by molar-refractivity contribution is 7.89. The third-order valence-electron chi connectivity index (χ3n) is 5.83. The first-order chi connectivity index (χ1) is 15.9. The summed E-state index contributed by atoms with van der Waals surface area (Å²) >= 11 is 6.08. The predicted octanol–water partition coefficient (Wildman–Crippen LogP) is 2.95.